The van der Waals surface area contributed by atoms with Crippen molar-refractivity contribution in [3.63, 3.8) is 0 Å². The van der Waals surface area contributed by atoms with Gasteiger partial charge in [-0.05, 0) is 6.92 Å². The second kappa shape index (κ2) is 5.75. The molecule has 0 saturated heterocycles. The van der Waals surface area contributed by atoms with Gasteiger partial charge >= 0.3 is 0 Å². The number of aromatic nitrogens is 4. The summed E-state index contributed by atoms with van der Waals surface area (Å²) >= 11 is 1.64. The molecule has 0 radical (unpaired) electrons. The molecule has 0 aliphatic rings. The molecule has 7 heteroatoms. The van der Waals surface area contributed by atoms with E-state index < -0.39 is 0 Å². The molecule has 2 rings (SSSR count). The maximum Gasteiger partial charge on any atom is 0.163 e. The van der Waals surface area contributed by atoms with Crippen LogP contribution in [-0.4, -0.2) is 43.3 Å². The van der Waals surface area contributed by atoms with E-state index in [0.29, 0.717) is 5.75 Å². The lowest BCUT2D eigenvalue weighted by Crippen LogP contribution is -2.15. The Morgan fingerprint density at radius 3 is 2.79 bits per heavy atom. The van der Waals surface area contributed by atoms with Crippen molar-refractivity contribution in [1.29, 1.82) is 0 Å². The van der Waals surface area contributed by atoms with Gasteiger partial charge in [-0.2, -0.15) is 5.10 Å². The van der Waals surface area contributed by atoms with Gasteiger partial charge in [0.1, 0.15) is 11.6 Å². The number of thioether (sulfide) groups is 1. The van der Waals surface area contributed by atoms with Gasteiger partial charge in [-0.25, -0.2) is 9.97 Å². The average molecular weight is 281 g/mol. The summed E-state index contributed by atoms with van der Waals surface area (Å²) in [6, 6.07) is 0. The van der Waals surface area contributed by atoms with E-state index in [0.717, 1.165) is 22.7 Å². The van der Waals surface area contributed by atoms with E-state index in [4.69, 9.17) is 0 Å². The molecule has 0 amide bonds. The van der Waals surface area contributed by atoms with Gasteiger partial charge in [0.15, 0.2) is 5.65 Å². The zero-order chi connectivity index (χ0) is 14.0. The van der Waals surface area contributed by atoms with Crippen LogP contribution in [0.3, 0.4) is 0 Å². The first-order valence-corrected chi connectivity index (χ1v) is 7.24. The van der Waals surface area contributed by atoms with Gasteiger partial charge in [0.2, 0.25) is 0 Å². The number of rotatable bonds is 5. The third kappa shape index (κ3) is 2.98. The van der Waals surface area contributed by atoms with Gasteiger partial charge in [0.05, 0.1) is 23.4 Å². The smallest absolute Gasteiger partial charge is 0.163 e. The fourth-order valence-corrected chi connectivity index (χ4v) is 2.49. The molecule has 6 nitrogen and oxygen atoms in total. The van der Waals surface area contributed by atoms with Crippen molar-refractivity contribution in [1.82, 2.24) is 19.7 Å². The second-order valence-electron chi connectivity index (χ2n) is 4.50. The zero-order valence-electron chi connectivity index (χ0n) is 11.6. The number of nitrogens with one attached hydrogen (secondary N) is 1. The number of fused-ring (bicyclic) bond motifs is 1. The highest BCUT2D eigenvalue weighted by Gasteiger charge is 2.13. The Hall–Kier alpha value is -1.34. The molecule has 0 aliphatic heterocycles. The molecule has 0 aliphatic carbocycles. The quantitative estimate of drug-likeness (QED) is 0.863. The lowest BCUT2D eigenvalue weighted by atomic mass is 10.3. The molecule has 2 aromatic rings. The van der Waals surface area contributed by atoms with Gasteiger partial charge in [0.25, 0.3) is 0 Å². The topological polar surface area (TPSA) is 75.9 Å². The van der Waals surface area contributed by atoms with E-state index in [1.165, 1.54) is 0 Å². The van der Waals surface area contributed by atoms with Crippen LogP contribution >= 0.6 is 11.8 Å². The number of aryl methyl sites for hydroxylation is 1. The fourth-order valence-electron chi connectivity index (χ4n) is 1.67. The van der Waals surface area contributed by atoms with E-state index in [-0.39, 0.29) is 11.4 Å². The monoisotopic (exact) mass is 281 g/mol. The average Bonchev–Trinajstić information content (AvgIpc) is 2.77. The molecule has 0 aromatic carbocycles. The number of aliphatic hydroxyl groups is 1. The van der Waals surface area contributed by atoms with Crippen molar-refractivity contribution in [3.05, 3.63) is 12.0 Å². The van der Waals surface area contributed by atoms with Crippen LogP contribution in [0.15, 0.2) is 6.20 Å². The molecule has 0 spiro atoms. The van der Waals surface area contributed by atoms with E-state index in [9.17, 15) is 5.11 Å². The summed E-state index contributed by atoms with van der Waals surface area (Å²) in [6.07, 6.45) is 1.42. The minimum atomic E-state index is -0.339. The maximum absolute atomic E-state index is 9.49. The van der Waals surface area contributed by atoms with Crippen molar-refractivity contribution in [2.45, 2.75) is 31.0 Å². The first kappa shape index (κ1) is 14.1. The molecule has 2 atom stereocenters. The van der Waals surface area contributed by atoms with Crippen LogP contribution in [0.5, 0.6) is 0 Å². The van der Waals surface area contributed by atoms with Gasteiger partial charge < -0.3 is 10.4 Å². The van der Waals surface area contributed by atoms with Gasteiger partial charge in [-0.3, -0.25) is 4.68 Å². The molecular formula is C12H19N5OS. The maximum atomic E-state index is 9.49. The van der Waals surface area contributed by atoms with Crippen LogP contribution in [0, 0.1) is 0 Å². The van der Waals surface area contributed by atoms with Crippen LogP contribution < -0.4 is 5.32 Å². The third-order valence-electron chi connectivity index (χ3n) is 3.03. The van der Waals surface area contributed by atoms with Gasteiger partial charge in [-0.15, -0.1) is 11.8 Å². The summed E-state index contributed by atoms with van der Waals surface area (Å²) in [5.41, 5.74) is 0.819. The Bertz CT molecular complexity index is 568. The minimum absolute atomic E-state index is 0.156. The van der Waals surface area contributed by atoms with E-state index >= 15 is 0 Å². The van der Waals surface area contributed by atoms with E-state index in [1.807, 2.05) is 21.0 Å². The standard InChI is InChI=1S/C12H19N5OS/c1-7(18)8(2)19-6-10-15-11(13-3)9-5-14-17(4)12(9)16-10/h5,7-8,18H,6H2,1-4H3,(H,13,15,16). The Kier molecular flexibility index (Phi) is 4.26. The molecule has 0 fully saturated rings. The molecule has 104 valence electrons. The highest BCUT2D eigenvalue weighted by atomic mass is 32.2. The van der Waals surface area contributed by atoms with E-state index in [2.05, 4.69) is 20.4 Å². The third-order valence-corrected chi connectivity index (χ3v) is 4.37. The van der Waals surface area contributed by atoms with E-state index in [1.54, 1.807) is 29.6 Å². The Balaban J connectivity index is 2.26. The molecule has 19 heavy (non-hydrogen) atoms. The number of anilines is 1. The lowest BCUT2D eigenvalue weighted by Gasteiger charge is -2.13. The summed E-state index contributed by atoms with van der Waals surface area (Å²) in [6.45, 7) is 3.79. The van der Waals surface area contributed by atoms with Crippen molar-refractivity contribution in [3.8, 4) is 0 Å². The number of nitrogens with zero attached hydrogens (tertiary/aromatic N) is 4. The Labute approximate surface area is 116 Å². The summed E-state index contributed by atoms with van der Waals surface area (Å²) in [4.78, 5) is 9.01. The molecular weight excluding hydrogens is 262 g/mol. The molecule has 2 aromatic heterocycles. The van der Waals surface area contributed by atoms with Crippen molar-refractivity contribution < 1.29 is 5.11 Å². The number of hydrogen-bond donors (Lipinski definition) is 2. The van der Waals surface area contributed by atoms with Crippen LogP contribution in [0.2, 0.25) is 0 Å². The molecule has 0 saturated carbocycles. The molecule has 2 N–H and O–H groups in total. The van der Waals surface area contributed by atoms with Crippen LogP contribution in [0.25, 0.3) is 11.0 Å². The molecule has 2 unspecified atom stereocenters. The van der Waals surface area contributed by atoms with Crippen molar-refractivity contribution >= 4 is 28.6 Å². The fraction of sp³-hybridized carbons (Fsp3) is 0.583. The summed E-state index contributed by atoms with van der Waals surface area (Å²) < 4.78 is 1.74. The number of aliphatic hydroxyl groups excluding tert-OH is 1. The lowest BCUT2D eigenvalue weighted by molar-refractivity contribution is 0.196. The molecule has 0 bridgehead atoms. The van der Waals surface area contributed by atoms with Crippen molar-refractivity contribution in [2.24, 2.45) is 7.05 Å². The van der Waals surface area contributed by atoms with Crippen molar-refractivity contribution in [2.75, 3.05) is 12.4 Å². The van der Waals surface area contributed by atoms with Crippen LogP contribution in [-0.2, 0) is 12.8 Å². The highest BCUT2D eigenvalue weighted by molar-refractivity contribution is 7.99. The zero-order valence-corrected chi connectivity index (χ0v) is 12.4. The minimum Gasteiger partial charge on any atom is -0.392 e. The van der Waals surface area contributed by atoms with Gasteiger partial charge in [0, 0.05) is 19.3 Å². The normalized spacial score (nSPS) is 14.6. The molecule has 2 heterocycles. The van der Waals surface area contributed by atoms with Crippen LogP contribution in [0.4, 0.5) is 5.82 Å². The predicted molar refractivity (Wildman–Crippen MR) is 78.3 cm³/mol. The summed E-state index contributed by atoms with van der Waals surface area (Å²) in [5.74, 6) is 2.21. The largest absolute Gasteiger partial charge is 0.392 e. The highest BCUT2D eigenvalue weighted by Crippen LogP contribution is 2.23. The number of hydrogen-bond acceptors (Lipinski definition) is 6. The predicted octanol–water partition coefficient (Wildman–Crippen LogP) is 1.41. The first-order valence-electron chi connectivity index (χ1n) is 6.19. The SMILES string of the molecule is CNc1nc(CSC(C)C(C)O)nc2c1cnn2C. The summed E-state index contributed by atoms with van der Waals surface area (Å²) in [5, 5.41) is 17.8. The second-order valence-corrected chi connectivity index (χ2v) is 5.87. The van der Waals surface area contributed by atoms with Gasteiger partial charge in [-0.1, -0.05) is 6.92 Å². The Morgan fingerprint density at radius 1 is 1.42 bits per heavy atom. The first-order chi connectivity index (χ1) is 9.02. The van der Waals surface area contributed by atoms with Crippen LogP contribution in [0.1, 0.15) is 19.7 Å². The Morgan fingerprint density at radius 2 is 2.16 bits per heavy atom. The summed E-state index contributed by atoms with van der Waals surface area (Å²) in [7, 11) is 3.70.